The number of piperidine rings is 1. The monoisotopic (exact) mass is 956 g/mol. The van der Waals surface area contributed by atoms with Gasteiger partial charge in [0.2, 0.25) is 5.79 Å². The van der Waals surface area contributed by atoms with Crippen LogP contribution < -0.4 is 0 Å². The Morgan fingerprint density at radius 1 is 0.838 bits per heavy atom. The van der Waals surface area contributed by atoms with Crippen molar-refractivity contribution in [1.82, 2.24) is 4.90 Å². The second-order valence-corrected chi connectivity index (χ2v) is 21.4. The lowest BCUT2D eigenvalue weighted by atomic mass is 9.78. The average molecular weight is 956 g/mol. The molecule has 0 aromatic rings. The first-order valence-electron chi connectivity index (χ1n) is 25.4. The molecule has 1 saturated carbocycles. The van der Waals surface area contributed by atoms with Crippen LogP contribution in [-0.2, 0) is 52.3 Å². The van der Waals surface area contributed by atoms with Crippen molar-refractivity contribution in [2.75, 3.05) is 27.9 Å². The highest BCUT2D eigenvalue weighted by Gasteiger charge is 2.53. The molecule has 4 aliphatic heterocycles. The molecule has 4 fully saturated rings. The van der Waals surface area contributed by atoms with E-state index in [1.54, 1.807) is 28.3 Å². The van der Waals surface area contributed by atoms with Gasteiger partial charge in [-0.1, -0.05) is 71.1 Å². The molecule has 1 aliphatic carbocycles. The number of rotatable bonds is 6. The number of esters is 1. The number of fused-ring (bicyclic) bond motifs is 5. The summed E-state index contributed by atoms with van der Waals surface area (Å²) in [6, 6.07) is -1.10. The summed E-state index contributed by atoms with van der Waals surface area (Å²) >= 11 is 0. The predicted octanol–water partition coefficient (Wildman–Crippen LogP) is 7.77. The Bertz CT molecular complexity index is 1840. The minimum atomic E-state index is -2.41. The van der Waals surface area contributed by atoms with Crippen molar-refractivity contribution in [2.24, 2.45) is 35.5 Å². The molecular weight excluding hydrogens is 871 g/mol. The van der Waals surface area contributed by atoms with E-state index in [9.17, 15) is 29.4 Å². The number of cyclic esters (lactones) is 1. The first-order chi connectivity index (χ1) is 32.1. The molecule has 5 aliphatic rings. The molecule has 3 saturated heterocycles. The van der Waals surface area contributed by atoms with Gasteiger partial charge in [-0.05, 0) is 127 Å². The predicted molar refractivity (Wildman–Crippen MR) is 258 cm³/mol. The van der Waals surface area contributed by atoms with Gasteiger partial charge in [-0.3, -0.25) is 14.4 Å². The molecule has 14 nitrogen and oxygen atoms in total. The largest absolute Gasteiger partial charge is 0.460 e. The van der Waals surface area contributed by atoms with Crippen LogP contribution in [0.25, 0.3) is 0 Å². The molecule has 2 N–H and O–H groups in total. The zero-order chi connectivity index (χ0) is 50.1. The van der Waals surface area contributed by atoms with Gasteiger partial charge in [-0.15, -0.1) is 0 Å². The summed E-state index contributed by atoms with van der Waals surface area (Å²) in [7, 11) is 4.86. The first-order valence-corrected chi connectivity index (χ1v) is 25.4. The number of hydrogen-bond donors (Lipinski definition) is 2. The van der Waals surface area contributed by atoms with Gasteiger partial charge in [0.15, 0.2) is 5.79 Å². The number of nitrogens with zero attached hydrogens (tertiary/aromatic N) is 1. The zero-order valence-electron chi connectivity index (χ0n) is 43.1. The van der Waals surface area contributed by atoms with E-state index in [0.717, 1.165) is 24.0 Å². The molecule has 5 rings (SSSR count). The summed E-state index contributed by atoms with van der Waals surface area (Å²) in [5.74, 6) is -7.40. The molecule has 4 heterocycles. The molecule has 0 aromatic heterocycles. The Morgan fingerprint density at radius 2 is 1.57 bits per heavy atom. The van der Waals surface area contributed by atoms with Gasteiger partial charge >= 0.3 is 5.97 Å². The van der Waals surface area contributed by atoms with E-state index in [2.05, 4.69) is 19.9 Å². The van der Waals surface area contributed by atoms with E-state index in [1.807, 2.05) is 71.9 Å². The van der Waals surface area contributed by atoms with Crippen LogP contribution in [0.15, 0.2) is 47.6 Å². The van der Waals surface area contributed by atoms with Crippen LogP contribution in [-0.4, -0.2) is 133 Å². The van der Waals surface area contributed by atoms with Gasteiger partial charge in [-0.2, -0.15) is 0 Å². The molecule has 1 amide bonds. The molecule has 4 bridgehead atoms. The third kappa shape index (κ3) is 14.1. The molecular formula is C54H85NO13. The number of aliphatic hydroxyl groups excluding tert-OH is 1. The number of Topliss-reactive ketones (excluding diaryl/α,β-unsaturated/α-hetero) is 2. The maximum absolute atomic E-state index is 14.5. The fraction of sp³-hybridized carbons (Fsp3) is 0.778. The van der Waals surface area contributed by atoms with E-state index in [1.165, 1.54) is 4.90 Å². The number of ketones is 2. The SMILES string of the molecule is COC1CC2CC[C@@H](C)C(O)(O2)C(=O)C(=O)N2CCCCC2C(=O)OC(C(C)CC2CCC(O)C(OC)C2)CC(=O)C(C)/C=C(\C)C2OC(C)(C)OC(C2OC)[C@H](C)CC(C)/C=C/C=C/C=C/1C. The van der Waals surface area contributed by atoms with E-state index in [4.69, 9.17) is 33.2 Å². The van der Waals surface area contributed by atoms with Crippen molar-refractivity contribution in [1.29, 1.82) is 0 Å². The maximum atomic E-state index is 14.5. The summed E-state index contributed by atoms with van der Waals surface area (Å²) in [6.45, 7) is 17.7. The van der Waals surface area contributed by atoms with Crippen molar-refractivity contribution in [2.45, 2.75) is 206 Å². The average Bonchev–Trinajstić information content (AvgIpc) is 3.30. The molecule has 384 valence electrons. The Balaban J connectivity index is 1.50. The normalized spacial score (nSPS) is 41.8. The zero-order valence-corrected chi connectivity index (χ0v) is 43.1. The minimum Gasteiger partial charge on any atom is -0.460 e. The first kappa shape index (κ1) is 55.8. The fourth-order valence-corrected chi connectivity index (χ4v) is 11.3. The van der Waals surface area contributed by atoms with Crippen LogP contribution in [0.2, 0.25) is 0 Å². The van der Waals surface area contributed by atoms with Crippen molar-refractivity contribution in [3.8, 4) is 0 Å². The lowest BCUT2D eigenvalue weighted by Gasteiger charge is -2.48. The number of allylic oxidation sites excluding steroid dienone is 6. The van der Waals surface area contributed by atoms with Crippen LogP contribution in [0.5, 0.6) is 0 Å². The number of carbonyl (C=O) groups excluding carboxylic acids is 4. The van der Waals surface area contributed by atoms with E-state index < -0.39 is 77.6 Å². The molecule has 0 aromatic carbocycles. The Hall–Kier alpha value is -3.08. The van der Waals surface area contributed by atoms with Crippen molar-refractivity contribution in [3.63, 3.8) is 0 Å². The van der Waals surface area contributed by atoms with Gasteiger partial charge in [-0.25, -0.2) is 4.79 Å². The summed E-state index contributed by atoms with van der Waals surface area (Å²) in [5.41, 5.74) is 1.75. The van der Waals surface area contributed by atoms with Crippen molar-refractivity contribution in [3.05, 3.63) is 47.6 Å². The van der Waals surface area contributed by atoms with Crippen LogP contribution in [0.4, 0.5) is 0 Å². The summed E-state index contributed by atoms with van der Waals surface area (Å²) < 4.78 is 43.3. The molecule has 14 unspecified atom stereocenters. The number of methoxy groups -OCH3 is 3. The smallest absolute Gasteiger partial charge is 0.329 e. The lowest BCUT2D eigenvalue weighted by Crippen LogP contribution is -2.61. The van der Waals surface area contributed by atoms with E-state index in [0.29, 0.717) is 51.4 Å². The lowest BCUT2D eigenvalue weighted by molar-refractivity contribution is -0.336. The fourth-order valence-electron chi connectivity index (χ4n) is 11.3. The molecule has 0 spiro atoms. The highest BCUT2D eigenvalue weighted by molar-refractivity contribution is 6.39. The third-order valence-electron chi connectivity index (χ3n) is 15.5. The molecule has 68 heavy (non-hydrogen) atoms. The second-order valence-electron chi connectivity index (χ2n) is 21.4. The van der Waals surface area contributed by atoms with Crippen LogP contribution in [0, 0.1) is 35.5 Å². The minimum absolute atomic E-state index is 0.0820. The van der Waals surface area contributed by atoms with Gasteiger partial charge < -0.3 is 48.3 Å². The number of carbonyl (C=O) groups is 4. The van der Waals surface area contributed by atoms with Gasteiger partial charge in [0.1, 0.15) is 30.1 Å². The summed E-state index contributed by atoms with van der Waals surface area (Å²) in [6.07, 6.45) is 14.1. The van der Waals surface area contributed by atoms with E-state index in [-0.39, 0.29) is 67.2 Å². The highest BCUT2D eigenvalue weighted by Crippen LogP contribution is 2.40. The number of aliphatic hydroxyl groups is 2. The van der Waals surface area contributed by atoms with Crippen LogP contribution in [0.3, 0.4) is 0 Å². The van der Waals surface area contributed by atoms with E-state index >= 15 is 0 Å². The standard InChI is InChI=1S/C54H85NO13/c1-32-18-14-13-15-19-33(2)44(62-10)30-40-23-21-38(7)54(61,66-40)50(58)51(59)55-25-17-16-20-41(55)52(60)65-45(35(4)28-39-22-24-42(56)46(29-39)63-11)31-43(57)34(3)27-37(6)48-49(64-12)47(36(5)26-32)67-53(8,9)68-48/h13-15,18-19,27,32,34-36,38-42,44-49,56,61H,16-17,20-26,28-31H2,1-12H3/b15-13+,18-14+,33-19+,37-27+/t32?,34?,35?,36-,38-,39?,40?,41?,42?,44?,45?,46?,47?,48?,49?,54?/m1/s1. The second kappa shape index (κ2) is 24.8. The summed E-state index contributed by atoms with van der Waals surface area (Å²) in [4.78, 5) is 58.8. The molecule has 16 atom stereocenters. The van der Waals surface area contributed by atoms with Crippen molar-refractivity contribution < 1.29 is 62.5 Å². The number of ether oxygens (including phenoxy) is 7. The third-order valence-corrected chi connectivity index (χ3v) is 15.5. The number of hydrogen-bond acceptors (Lipinski definition) is 13. The Kier molecular flexibility index (Phi) is 20.4. The van der Waals surface area contributed by atoms with Gasteiger partial charge in [0, 0.05) is 52.6 Å². The number of amides is 1. The Labute approximate surface area is 406 Å². The highest BCUT2D eigenvalue weighted by atomic mass is 16.7. The van der Waals surface area contributed by atoms with Gasteiger partial charge in [0.25, 0.3) is 11.7 Å². The van der Waals surface area contributed by atoms with Crippen LogP contribution in [0.1, 0.15) is 139 Å². The van der Waals surface area contributed by atoms with Crippen molar-refractivity contribution >= 4 is 23.4 Å². The Morgan fingerprint density at radius 3 is 2.26 bits per heavy atom. The van der Waals surface area contributed by atoms with Gasteiger partial charge in [0.05, 0.1) is 30.5 Å². The molecule has 14 heteroatoms. The maximum Gasteiger partial charge on any atom is 0.329 e. The topological polar surface area (TPSA) is 177 Å². The molecule has 0 radical (unpaired) electrons. The quantitative estimate of drug-likeness (QED) is 0.150. The summed E-state index contributed by atoms with van der Waals surface area (Å²) in [5, 5.41) is 22.5. The van der Waals surface area contributed by atoms with Crippen LogP contribution >= 0.6 is 0 Å².